The Balaban J connectivity index is 1.57. The van der Waals surface area contributed by atoms with E-state index < -0.39 is 0 Å². The van der Waals surface area contributed by atoms with Gasteiger partial charge in [-0.1, -0.05) is 24.6 Å². The second-order valence-electron chi connectivity index (χ2n) is 6.91. The molecular formula is C18H27N3O. The normalized spacial score (nSPS) is 28.4. The van der Waals surface area contributed by atoms with Crippen LogP contribution in [0.4, 0.5) is 10.5 Å². The molecule has 4 heteroatoms. The zero-order valence-electron chi connectivity index (χ0n) is 13.6. The number of carbonyl (C=O) groups is 1. The molecule has 3 rings (SSSR count). The molecule has 2 aliphatic rings. The average molecular weight is 301 g/mol. The summed E-state index contributed by atoms with van der Waals surface area (Å²) in [5.74, 6) is 0. The topological polar surface area (TPSA) is 44.4 Å². The highest BCUT2D eigenvalue weighted by molar-refractivity contribution is 5.89. The highest BCUT2D eigenvalue weighted by Crippen LogP contribution is 2.35. The summed E-state index contributed by atoms with van der Waals surface area (Å²) >= 11 is 0. The van der Waals surface area contributed by atoms with Gasteiger partial charge in [0.2, 0.25) is 0 Å². The number of nitrogens with one attached hydrogen (secondary N) is 2. The van der Waals surface area contributed by atoms with Crippen LogP contribution >= 0.6 is 0 Å². The smallest absolute Gasteiger partial charge is 0.319 e. The highest BCUT2D eigenvalue weighted by Gasteiger charge is 2.39. The molecule has 2 unspecified atom stereocenters. The molecule has 0 aromatic heterocycles. The molecule has 2 N–H and O–H groups in total. The van der Waals surface area contributed by atoms with Gasteiger partial charge in [-0.05, 0) is 51.7 Å². The van der Waals surface area contributed by atoms with Crippen molar-refractivity contribution in [1.82, 2.24) is 10.2 Å². The van der Waals surface area contributed by atoms with Crippen molar-refractivity contribution in [3.63, 3.8) is 0 Å². The van der Waals surface area contributed by atoms with E-state index in [9.17, 15) is 4.79 Å². The first kappa shape index (κ1) is 15.3. The van der Waals surface area contributed by atoms with Gasteiger partial charge in [0.05, 0.1) is 0 Å². The summed E-state index contributed by atoms with van der Waals surface area (Å²) in [5.41, 5.74) is 0.847. The van der Waals surface area contributed by atoms with E-state index in [-0.39, 0.29) is 6.03 Å². The predicted molar refractivity (Wildman–Crippen MR) is 90.0 cm³/mol. The van der Waals surface area contributed by atoms with E-state index in [1.165, 1.54) is 19.3 Å². The molecule has 4 nitrogen and oxygen atoms in total. The summed E-state index contributed by atoms with van der Waals surface area (Å²) in [6.45, 7) is 4.59. The van der Waals surface area contributed by atoms with Gasteiger partial charge in [-0.25, -0.2) is 4.79 Å². The summed E-state index contributed by atoms with van der Waals surface area (Å²) in [5, 5.41) is 6.10. The number of hydrogen-bond acceptors (Lipinski definition) is 2. The van der Waals surface area contributed by atoms with E-state index in [0.29, 0.717) is 24.2 Å². The lowest BCUT2D eigenvalue weighted by Gasteiger charge is -2.51. The van der Waals surface area contributed by atoms with Crippen molar-refractivity contribution >= 4 is 11.7 Å². The Bertz CT molecular complexity index is 488. The molecule has 2 atom stereocenters. The number of hydrogen-bond donors (Lipinski definition) is 2. The van der Waals surface area contributed by atoms with Crippen molar-refractivity contribution in [3.05, 3.63) is 30.3 Å². The van der Waals surface area contributed by atoms with E-state index >= 15 is 0 Å². The van der Waals surface area contributed by atoms with E-state index in [1.54, 1.807) is 0 Å². The van der Waals surface area contributed by atoms with Gasteiger partial charge in [-0.15, -0.1) is 0 Å². The summed E-state index contributed by atoms with van der Waals surface area (Å²) in [7, 11) is 0. The third kappa shape index (κ3) is 3.43. The van der Waals surface area contributed by atoms with Crippen molar-refractivity contribution < 1.29 is 4.79 Å². The van der Waals surface area contributed by atoms with Gasteiger partial charge < -0.3 is 10.6 Å². The number of rotatable bonds is 3. The maximum absolute atomic E-state index is 12.2. The SMILES string of the molecule is CC(C)N1C2CCCC1CC(NC(=O)Nc1ccccc1)C2. The molecule has 22 heavy (non-hydrogen) atoms. The Morgan fingerprint density at radius 1 is 1.14 bits per heavy atom. The Morgan fingerprint density at radius 3 is 2.36 bits per heavy atom. The minimum absolute atomic E-state index is 0.0766. The average Bonchev–Trinajstić information content (AvgIpc) is 2.47. The largest absolute Gasteiger partial charge is 0.335 e. The monoisotopic (exact) mass is 301 g/mol. The number of carbonyl (C=O) groups excluding carboxylic acids is 1. The number of fused-ring (bicyclic) bond motifs is 2. The minimum Gasteiger partial charge on any atom is -0.335 e. The van der Waals surface area contributed by atoms with E-state index in [4.69, 9.17) is 0 Å². The Labute approximate surface area is 133 Å². The van der Waals surface area contributed by atoms with Crippen LogP contribution in [0.25, 0.3) is 0 Å². The van der Waals surface area contributed by atoms with E-state index in [0.717, 1.165) is 18.5 Å². The molecule has 2 fully saturated rings. The molecule has 120 valence electrons. The van der Waals surface area contributed by atoms with Crippen LogP contribution in [0.2, 0.25) is 0 Å². The van der Waals surface area contributed by atoms with Gasteiger partial charge in [-0.2, -0.15) is 0 Å². The first-order valence-electron chi connectivity index (χ1n) is 8.53. The summed E-state index contributed by atoms with van der Waals surface area (Å²) in [6.07, 6.45) is 6.04. The number of para-hydroxylation sites is 1. The van der Waals surface area contributed by atoms with E-state index in [1.807, 2.05) is 30.3 Å². The molecule has 2 amide bonds. The zero-order valence-corrected chi connectivity index (χ0v) is 13.6. The van der Waals surface area contributed by atoms with Crippen LogP contribution in [0.3, 0.4) is 0 Å². The van der Waals surface area contributed by atoms with Gasteiger partial charge >= 0.3 is 6.03 Å². The van der Waals surface area contributed by atoms with Gasteiger partial charge in [-0.3, -0.25) is 4.90 Å². The van der Waals surface area contributed by atoms with Gasteiger partial charge in [0.15, 0.2) is 0 Å². The van der Waals surface area contributed by atoms with Crippen LogP contribution in [-0.4, -0.2) is 35.1 Å². The lowest BCUT2D eigenvalue weighted by Crippen LogP contribution is -2.59. The van der Waals surface area contributed by atoms with Crippen molar-refractivity contribution in [2.45, 2.75) is 70.1 Å². The standard InChI is InChI=1S/C18H27N3O/c1-13(2)21-16-9-6-10-17(21)12-15(11-16)20-18(22)19-14-7-4-3-5-8-14/h3-5,7-8,13,15-17H,6,9-12H2,1-2H3,(H2,19,20,22). The fraction of sp³-hybridized carbons (Fsp3) is 0.611. The molecule has 2 saturated heterocycles. The fourth-order valence-corrected chi connectivity index (χ4v) is 4.25. The van der Waals surface area contributed by atoms with Crippen LogP contribution in [0.15, 0.2) is 30.3 Å². The Hall–Kier alpha value is -1.55. The number of piperidine rings is 2. The summed E-state index contributed by atoms with van der Waals surface area (Å²) in [4.78, 5) is 14.9. The van der Waals surface area contributed by atoms with Crippen LogP contribution in [-0.2, 0) is 0 Å². The van der Waals surface area contributed by atoms with Crippen molar-refractivity contribution in [2.24, 2.45) is 0 Å². The second-order valence-corrected chi connectivity index (χ2v) is 6.91. The van der Waals surface area contributed by atoms with Gasteiger partial charge in [0, 0.05) is 29.9 Å². The number of anilines is 1. The second kappa shape index (κ2) is 6.69. The van der Waals surface area contributed by atoms with Crippen molar-refractivity contribution in [1.29, 1.82) is 0 Å². The van der Waals surface area contributed by atoms with Crippen LogP contribution < -0.4 is 10.6 Å². The number of amides is 2. The lowest BCUT2D eigenvalue weighted by molar-refractivity contribution is 0.00233. The predicted octanol–water partition coefficient (Wildman–Crippen LogP) is 3.60. The van der Waals surface area contributed by atoms with Crippen LogP contribution in [0.5, 0.6) is 0 Å². The fourth-order valence-electron chi connectivity index (χ4n) is 4.25. The summed E-state index contributed by atoms with van der Waals surface area (Å²) in [6, 6.07) is 11.7. The first-order chi connectivity index (χ1) is 10.6. The Kier molecular flexibility index (Phi) is 4.67. The number of benzene rings is 1. The molecule has 0 spiro atoms. The molecular weight excluding hydrogens is 274 g/mol. The van der Waals surface area contributed by atoms with Gasteiger partial charge in [0.1, 0.15) is 0 Å². The zero-order chi connectivity index (χ0) is 15.5. The first-order valence-corrected chi connectivity index (χ1v) is 8.53. The molecule has 2 aliphatic heterocycles. The minimum atomic E-state index is -0.0766. The van der Waals surface area contributed by atoms with Crippen molar-refractivity contribution in [3.8, 4) is 0 Å². The molecule has 1 aromatic carbocycles. The Morgan fingerprint density at radius 2 is 1.77 bits per heavy atom. The van der Waals surface area contributed by atoms with Gasteiger partial charge in [0.25, 0.3) is 0 Å². The third-order valence-corrected chi connectivity index (χ3v) is 4.99. The maximum atomic E-state index is 12.2. The number of urea groups is 1. The molecule has 1 aromatic rings. The molecule has 0 radical (unpaired) electrons. The molecule has 0 aliphatic carbocycles. The van der Waals surface area contributed by atoms with Crippen molar-refractivity contribution in [2.75, 3.05) is 5.32 Å². The summed E-state index contributed by atoms with van der Waals surface area (Å²) < 4.78 is 0. The molecule has 2 heterocycles. The van der Waals surface area contributed by atoms with E-state index in [2.05, 4.69) is 29.4 Å². The highest BCUT2D eigenvalue weighted by atomic mass is 16.2. The third-order valence-electron chi connectivity index (χ3n) is 4.99. The van der Waals surface area contributed by atoms with Crippen LogP contribution in [0, 0.1) is 0 Å². The lowest BCUT2D eigenvalue weighted by atomic mass is 9.81. The number of nitrogens with zero attached hydrogens (tertiary/aromatic N) is 1. The molecule has 2 bridgehead atoms. The molecule has 0 saturated carbocycles. The maximum Gasteiger partial charge on any atom is 0.319 e. The quantitative estimate of drug-likeness (QED) is 0.896. The van der Waals surface area contributed by atoms with Crippen LogP contribution in [0.1, 0.15) is 46.0 Å².